The Morgan fingerprint density at radius 3 is 2.75 bits per heavy atom. The lowest BCUT2D eigenvalue weighted by Gasteiger charge is -2.39. The highest BCUT2D eigenvalue weighted by Crippen LogP contribution is 2.34. The number of fused-ring (bicyclic) bond motifs is 1. The molecular weight excluding hydrogens is 248 g/mol. The highest BCUT2D eigenvalue weighted by atomic mass is 16.2. The first-order chi connectivity index (χ1) is 9.61. The number of piperidine rings is 1. The topological polar surface area (TPSA) is 36.1 Å². The summed E-state index contributed by atoms with van der Waals surface area (Å²) >= 11 is 0. The number of amides is 1. The number of H-pyrrole nitrogens is 1. The van der Waals surface area contributed by atoms with E-state index in [1.165, 1.54) is 6.42 Å². The third-order valence-electron chi connectivity index (χ3n) is 4.91. The summed E-state index contributed by atoms with van der Waals surface area (Å²) in [4.78, 5) is 17.7. The van der Waals surface area contributed by atoms with Crippen LogP contribution in [0, 0.1) is 5.41 Å². The van der Waals surface area contributed by atoms with Crippen molar-refractivity contribution in [2.45, 2.75) is 33.1 Å². The van der Waals surface area contributed by atoms with Crippen molar-refractivity contribution in [1.82, 2.24) is 9.88 Å². The summed E-state index contributed by atoms with van der Waals surface area (Å²) in [5.74, 6) is 0.172. The molecule has 0 unspecified atom stereocenters. The van der Waals surface area contributed by atoms with Gasteiger partial charge in [-0.1, -0.05) is 20.3 Å². The number of carbonyl (C=O) groups excluding carboxylic acids is 1. The highest BCUT2D eigenvalue weighted by molar-refractivity contribution is 5.98. The molecule has 20 heavy (non-hydrogen) atoms. The number of likely N-dealkylation sites (tertiary alicyclic amines) is 1. The molecule has 2 aromatic rings. The van der Waals surface area contributed by atoms with Crippen LogP contribution in [0.4, 0.5) is 0 Å². The lowest BCUT2D eigenvalue weighted by Crippen LogP contribution is -2.41. The van der Waals surface area contributed by atoms with Crippen LogP contribution in [-0.4, -0.2) is 28.9 Å². The molecule has 0 bridgehead atoms. The average molecular weight is 270 g/mol. The van der Waals surface area contributed by atoms with Crippen LogP contribution in [-0.2, 0) is 0 Å². The molecule has 106 valence electrons. The number of benzene rings is 1. The van der Waals surface area contributed by atoms with E-state index < -0.39 is 0 Å². The van der Waals surface area contributed by atoms with Gasteiger partial charge in [-0.25, -0.2) is 0 Å². The van der Waals surface area contributed by atoms with Crippen molar-refractivity contribution in [3.8, 4) is 0 Å². The fraction of sp³-hybridized carbons (Fsp3) is 0.471. The van der Waals surface area contributed by atoms with Gasteiger partial charge in [0.05, 0.1) is 0 Å². The molecule has 1 aromatic heterocycles. The number of carbonyl (C=O) groups is 1. The predicted octanol–water partition coefficient (Wildman–Crippen LogP) is 3.82. The van der Waals surface area contributed by atoms with Crippen molar-refractivity contribution in [2.75, 3.05) is 13.1 Å². The van der Waals surface area contributed by atoms with Crippen molar-refractivity contribution in [3.05, 3.63) is 36.0 Å². The maximum atomic E-state index is 12.6. The minimum Gasteiger partial charge on any atom is -0.361 e. The van der Waals surface area contributed by atoms with Crippen LogP contribution in [0.1, 0.15) is 43.5 Å². The van der Waals surface area contributed by atoms with Crippen molar-refractivity contribution in [1.29, 1.82) is 0 Å². The minimum atomic E-state index is 0.172. The Labute approximate surface area is 120 Å². The van der Waals surface area contributed by atoms with E-state index in [2.05, 4.69) is 18.8 Å². The molecule has 0 saturated carbocycles. The highest BCUT2D eigenvalue weighted by Gasteiger charge is 2.30. The van der Waals surface area contributed by atoms with Crippen LogP contribution >= 0.6 is 0 Å². The number of hydrogen-bond donors (Lipinski definition) is 1. The van der Waals surface area contributed by atoms with Gasteiger partial charge in [-0.3, -0.25) is 4.79 Å². The Morgan fingerprint density at radius 2 is 2.05 bits per heavy atom. The zero-order valence-electron chi connectivity index (χ0n) is 12.3. The standard InChI is InChI=1S/C17H22N2O/c1-3-17(2)7-10-19(11-8-17)16(20)14-4-5-15-13(12-14)6-9-18-15/h4-6,9,12,18H,3,7-8,10-11H2,1-2H3. The largest absolute Gasteiger partial charge is 0.361 e. The van der Waals surface area contributed by atoms with Crippen molar-refractivity contribution in [2.24, 2.45) is 5.41 Å². The fourth-order valence-corrected chi connectivity index (χ4v) is 2.97. The van der Waals surface area contributed by atoms with Crippen molar-refractivity contribution >= 4 is 16.8 Å². The molecule has 1 amide bonds. The molecule has 2 heterocycles. The molecule has 1 aliphatic heterocycles. The molecular formula is C17H22N2O. The molecule has 1 fully saturated rings. The zero-order chi connectivity index (χ0) is 14.2. The SMILES string of the molecule is CCC1(C)CCN(C(=O)c2ccc3[nH]ccc3c2)CC1. The van der Waals surface area contributed by atoms with Gasteiger partial charge in [0, 0.05) is 35.8 Å². The molecule has 3 heteroatoms. The number of nitrogens with zero attached hydrogens (tertiary/aromatic N) is 1. The summed E-state index contributed by atoms with van der Waals surface area (Å²) in [6, 6.07) is 7.91. The van der Waals surface area contributed by atoms with E-state index in [9.17, 15) is 4.79 Å². The van der Waals surface area contributed by atoms with E-state index in [1.54, 1.807) is 0 Å². The van der Waals surface area contributed by atoms with Gasteiger partial charge in [0.25, 0.3) is 5.91 Å². The van der Waals surface area contributed by atoms with Gasteiger partial charge in [-0.05, 0) is 42.5 Å². The predicted molar refractivity (Wildman–Crippen MR) is 81.8 cm³/mol. The number of nitrogens with one attached hydrogen (secondary N) is 1. The molecule has 3 rings (SSSR count). The number of aromatic amines is 1. The first-order valence-corrected chi connectivity index (χ1v) is 7.48. The van der Waals surface area contributed by atoms with Gasteiger partial charge in [0.15, 0.2) is 0 Å². The van der Waals surface area contributed by atoms with Crippen molar-refractivity contribution < 1.29 is 4.79 Å². The van der Waals surface area contributed by atoms with Gasteiger partial charge < -0.3 is 9.88 Å². The summed E-state index contributed by atoms with van der Waals surface area (Å²) in [7, 11) is 0. The summed E-state index contributed by atoms with van der Waals surface area (Å²) in [6.07, 6.45) is 5.33. The first-order valence-electron chi connectivity index (χ1n) is 7.48. The maximum absolute atomic E-state index is 12.6. The maximum Gasteiger partial charge on any atom is 0.253 e. The molecule has 0 atom stereocenters. The quantitative estimate of drug-likeness (QED) is 0.884. The van der Waals surface area contributed by atoms with Gasteiger partial charge >= 0.3 is 0 Å². The van der Waals surface area contributed by atoms with E-state index in [0.717, 1.165) is 42.4 Å². The smallest absolute Gasteiger partial charge is 0.253 e. The summed E-state index contributed by atoms with van der Waals surface area (Å²) in [5, 5.41) is 1.10. The number of hydrogen-bond acceptors (Lipinski definition) is 1. The third-order valence-corrected chi connectivity index (χ3v) is 4.91. The Hall–Kier alpha value is -1.77. The summed E-state index contributed by atoms with van der Waals surface area (Å²) in [6.45, 7) is 6.35. The normalized spacial score (nSPS) is 18.4. The molecule has 1 N–H and O–H groups in total. The summed E-state index contributed by atoms with van der Waals surface area (Å²) < 4.78 is 0. The molecule has 0 radical (unpaired) electrons. The molecule has 1 aliphatic rings. The summed E-state index contributed by atoms with van der Waals surface area (Å²) in [5.41, 5.74) is 2.30. The van der Waals surface area contributed by atoms with Crippen LogP contribution in [0.2, 0.25) is 0 Å². The zero-order valence-corrected chi connectivity index (χ0v) is 12.3. The van der Waals surface area contributed by atoms with Gasteiger partial charge in [0.2, 0.25) is 0 Å². The molecule has 0 aliphatic carbocycles. The molecule has 1 aromatic carbocycles. The van der Waals surface area contributed by atoms with Crippen molar-refractivity contribution in [3.63, 3.8) is 0 Å². The lowest BCUT2D eigenvalue weighted by atomic mass is 9.78. The second kappa shape index (κ2) is 4.97. The van der Waals surface area contributed by atoms with Crippen LogP contribution in [0.15, 0.2) is 30.5 Å². The number of rotatable bonds is 2. The Morgan fingerprint density at radius 1 is 1.30 bits per heavy atom. The van der Waals surface area contributed by atoms with Gasteiger partial charge in [-0.15, -0.1) is 0 Å². The fourth-order valence-electron chi connectivity index (χ4n) is 2.97. The monoisotopic (exact) mass is 270 g/mol. The van der Waals surface area contributed by atoms with E-state index in [0.29, 0.717) is 5.41 Å². The Kier molecular flexibility index (Phi) is 3.28. The molecule has 1 saturated heterocycles. The van der Waals surface area contributed by atoms with E-state index in [-0.39, 0.29) is 5.91 Å². The van der Waals surface area contributed by atoms with Crippen LogP contribution in [0.25, 0.3) is 10.9 Å². The van der Waals surface area contributed by atoms with E-state index in [1.807, 2.05) is 35.4 Å². The number of aromatic nitrogens is 1. The average Bonchev–Trinajstić information content (AvgIpc) is 2.94. The second-order valence-corrected chi connectivity index (χ2v) is 6.24. The Bertz CT molecular complexity index is 621. The second-order valence-electron chi connectivity index (χ2n) is 6.24. The Balaban J connectivity index is 1.76. The minimum absolute atomic E-state index is 0.172. The van der Waals surface area contributed by atoms with Gasteiger partial charge in [0.1, 0.15) is 0 Å². The van der Waals surface area contributed by atoms with Gasteiger partial charge in [-0.2, -0.15) is 0 Å². The molecule has 3 nitrogen and oxygen atoms in total. The lowest BCUT2D eigenvalue weighted by molar-refractivity contribution is 0.0600. The van der Waals surface area contributed by atoms with E-state index in [4.69, 9.17) is 0 Å². The first kappa shape index (κ1) is 13.2. The van der Waals surface area contributed by atoms with Crippen LogP contribution in [0.3, 0.4) is 0 Å². The van der Waals surface area contributed by atoms with Crippen LogP contribution < -0.4 is 0 Å². The van der Waals surface area contributed by atoms with Crippen LogP contribution in [0.5, 0.6) is 0 Å². The molecule has 0 spiro atoms. The van der Waals surface area contributed by atoms with E-state index >= 15 is 0 Å². The third kappa shape index (κ3) is 2.33.